The van der Waals surface area contributed by atoms with Crippen LogP contribution in [-0.2, 0) is 0 Å². The highest BCUT2D eigenvalue weighted by atomic mass is 32.1. The van der Waals surface area contributed by atoms with Crippen LogP contribution in [-0.4, -0.2) is 34.3 Å². The first-order chi connectivity index (χ1) is 9.15. The van der Waals surface area contributed by atoms with Gasteiger partial charge in [-0.05, 0) is 18.6 Å². The molecule has 1 aromatic heterocycles. The van der Waals surface area contributed by atoms with Crippen molar-refractivity contribution in [2.45, 2.75) is 12.5 Å². The molecular weight excluding hydrogens is 258 g/mol. The summed E-state index contributed by atoms with van der Waals surface area (Å²) in [6.45, 7) is 1.42. The Morgan fingerprint density at radius 1 is 1.42 bits per heavy atom. The molecule has 1 atom stereocenters. The zero-order valence-electron chi connectivity index (χ0n) is 10.4. The van der Waals surface area contributed by atoms with Crippen LogP contribution in [0, 0.1) is 0 Å². The first-order valence-corrected chi connectivity index (χ1v) is 6.68. The number of benzene rings is 1. The lowest BCUT2D eigenvalue weighted by molar-refractivity contribution is 0.198. The molecule has 3 N–H and O–H groups in total. The topological polar surface area (TPSA) is 62.4 Å². The standard InChI is InChI=1S/C14H15N3OS/c15-14(19)11-7-13(17-6-5-9(18)8-17)16-12-4-2-1-3-10(11)12/h1-4,7,9,18H,5-6,8H2,(H2,15,19). The number of hydrogen-bond donors (Lipinski definition) is 2. The van der Waals surface area contributed by atoms with Gasteiger partial charge in [-0.3, -0.25) is 0 Å². The molecule has 0 amide bonds. The Kier molecular flexibility index (Phi) is 3.08. The van der Waals surface area contributed by atoms with E-state index < -0.39 is 0 Å². The third kappa shape index (κ3) is 2.27. The zero-order chi connectivity index (χ0) is 13.4. The monoisotopic (exact) mass is 273 g/mol. The molecule has 0 bridgehead atoms. The van der Waals surface area contributed by atoms with Crippen molar-refractivity contribution in [1.82, 2.24) is 4.98 Å². The third-order valence-corrected chi connectivity index (χ3v) is 3.68. The molecule has 0 aliphatic carbocycles. The molecule has 0 radical (unpaired) electrons. The van der Waals surface area contributed by atoms with Gasteiger partial charge < -0.3 is 15.7 Å². The number of pyridine rings is 1. The van der Waals surface area contributed by atoms with Gasteiger partial charge in [-0.1, -0.05) is 30.4 Å². The molecule has 1 fully saturated rings. The number of aliphatic hydroxyl groups excluding tert-OH is 1. The maximum atomic E-state index is 9.63. The fourth-order valence-corrected chi connectivity index (χ4v) is 2.65. The number of thiocarbonyl (C=S) groups is 1. The second-order valence-corrected chi connectivity index (χ2v) is 5.24. The van der Waals surface area contributed by atoms with Crippen LogP contribution in [0.3, 0.4) is 0 Å². The first-order valence-electron chi connectivity index (χ1n) is 6.28. The normalized spacial score (nSPS) is 19.0. The van der Waals surface area contributed by atoms with Gasteiger partial charge in [0.15, 0.2) is 0 Å². The van der Waals surface area contributed by atoms with Crippen LogP contribution in [0.1, 0.15) is 12.0 Å². The molecule has 4 nitrogen and oxygen atoms in total. The van der Waals surface area contributed by atoms with E-state index in [9.17, 15) is 5.11 Å². The Morgan fingerprint density at radius 3 is 2.89 bits per heavy atom. The summed E-state index contributed by atoms with van der Waals surface area (Å²) >= 11 is 5.13. The minimum atomic E-state index is -0.276. The van der Waals surface area contributed by atoms with E-state index >= 15 is 0 Å². The van der Waals surface area contributed by atoms with Crippen LogP contribution in [0.25, 0.3) is 10.9 Å². The van der Waals surface area contributed by atoms with Crippen molar-refractivity contribution in [3.63, 3.8) is 0 Å². The fourth-order valence-electron chi connectivity index (χ4n) is 2.48. The molecule has 19 heavy (non-hydrogen) atoms. The van der Waals surface area contributed by atoms with Gasteiger partial charge >= 0.3 is 0 Å². The Labute approximate surface area is 116 Å². The highest BCUT2D eigenvalue weighted by molar-refractivity contribution is 7.80. The molecule has 1 aliphatic rings. The Morgan fingerprint density at radius 2 is 2.21 bits per heavy atom. The molecule has 2 aromatic rings. The fraction of sp³-hybridized carbons (Fsp3) is 0.286. The lowest BCUT2D eigenvalue weighted by Crippen LogP contribution is -2.23. The predicted octanol–water partition coefficient (Wildman–Crippen LogP) is 1.44. The van der Waals surface area contributed by atoms with Gasteiger partial charge in [0.25, 0.3) is 0 Å². The number of rotatable bonds is 2. The summed E-state index contributed by atoms with van der Waals surface area (Å²) in [5.41, 5.74) is 7.53. The highest BCUT2D eigenvalue weighted by Gasteiger charge is 2.22. The van der Waals surface area contributed by atoms with Gasteiger partial charge in [-0.15, -0.1) is 0 Å². The lowest BCUT2D eigenvalue weighted by atomic mass is 10.1. The molecule has 1 aromatic carbocycles. The summed E-state index contributed by atoms with van der Waals surface area (Å²) in [6.07, 6.45) is 0.498. The molecule has 98 valence electrons. The number of aliphatic hydroxyl groups is 1. The van der Waals surface area contributed by atoms with Gasteiger partial charge in [0, 0.05) is 24.0 Å². The van der Waals surface area contributed by atoms with Gasteiger partial charge in [0.05, 0.1) is 11.6 Å². The van der Waals surface area contributed by atoms with Gasteiger partial charge in [0.2, 0.25) is 0 Å². The second-order valence-electron chi connectivity index (χ2n) is 4.80. The number of β-amino-alcohol motifs (C(OH)–C–C–N with tert-alkyl or cyclic N) is 1. The Hall–Kier alpha value is -1.72. The number of anilines is 1. The van der Waals surface area contributed by atoms with E-state index in [2.05, 4.69) is 9.88 Å². The Balaban J connectivity index is 2.13. The minimum absolute atomic E-state index is 0.276. The molecule has 2 heterocycles. The summed E-state index contributed by atoms with van der Waals surface area (Å²) in [5, 5.41) is 10.6. The summed E-state index contributed by atoms with van der Waals surface area (Å²) in [7, 11) is 0. The number of nitrogens with two attached hydrogens (primary N) is 1. The van der Waals surface area contributed by atoms with Crippen molar-refractivity contribution in [1.29, 1.82) is 0 Å². The van der Waals surface area contributed by atoms with E-state index in [-0.39, 0.29) is 6.10 Å². The summed E-state index contributed by atoms with van der Waals surface area (Å²) in [6, 6.07) is 9.74. The summed E-state index contributed by atoms with van der Waals surface area (Å²) in [4.78, 5) is 7.08. The third-order valence-electron chi connectivity index (χ3n) is 3.46. The summed E-state index contributed by atoms with van der Waals surface area (Å²) < 4.78 is 0. The molecular formula is C14H15N3OS. The van der Waals surface area contributed by atoms with E-state index in [1.807, 2.05) is 30.3 Å². The van der Waals surface area contributed by atoms with Crippen LogP contribution in [0.15, 0.2) is 30.3 Å². The van der Waals surface area contributed by atoms with E-state index in [1.165, 1.54) is 0 Å². The number of para-hydroxylation sites is 1. The van der Waals surface area contributed by atoms with E-state index in [0.29, 0.717) is 11.5 Å². The largest absolute Gasteiger partial charge is 0.391 e. The molecule has 1 aliphatic heterocycles. The van der Waals surface area contributed by atoms with E-state index in [0.717, 1.165) is 35.2 Å². The molecule has 0 saturated carbocycles. The van der Waals surface area contributed by atoms with Crippen molar-refractivity contribution in [2.24, 2.45) is 5.73 Å². The van der Waals surface area contributed by atoms with Gasteiger partial charge in [-0.25, -0.2) is 4.98 Å². The average molecular weight is 273 g/mol. The first kappa shape index (κ1) is 12.3. The molecule has 3 rings (SSSR count). The van der Waals surface area contributed by atoms with Gasteiger partial charge in [-0.2, -0.15) is 0 Å². The number of fused-ring (bicyclic) bond motifs is 1. The van der Waals surface area contributed by atoms with Crippen LogP contribution in [0.4, 0.5) is 5.82 Å². The van der Waals surface area contributed by atoms with Crippen molar-refractivity contribution in [3.8, 4) is 0 Å². The maximum Gasteiger partial charge on any atom is 0.130 e. The molecule has 5 heteroatoms. The molecule has 0 spiro atoms. The van der Waals surface area contributed by atoms with Crippen LogP contribution in [0.5, 0.6) is 0 Å². The van der Waals surface area contributed by atoms with Crippen LogP contribution < -0.4 is 10.6 Å². The molecule has 1 unspecified atom stereocenters. The maximum absolute atomic E-state index is 9.63. The quantitative estimate of drug-likeness (QED) is 0.811. The number of aromatic nitrogens is 1. The van der Waals surface area contributed by atoms with Crippen molar-refractivity contribution >= 4 is 33.9 Å². The van der Waals surface area contributed by atoms with Crippen LogP contribution in [0.2, 0.25) is 0 Å². The molecule has 1 saturated heterocycles. The number of nitrogens with zero attached hydrogens (tertiary/aromatic N) is 2. The minimum Gasteiger partial charge on any atom is -0.391 e. The number of hydrogen-bond acceptors (Lipinski definition) is 4. The SMILES string of the molecule is NC(=S)c1cc(N2CCC(O)C2)nc2ccccc12. The smallest absolute Gasteiger partial charge is 0.130 e. The zero-order valence-corrected chi connectivity index (χ0v) is 11.2. The Bertz CT molecular complexity index is 644. The van der Waals surface area contributed by atoms with Crippen molar-refractivity contribution in [3.05, 3.63) is 35.9 Å². The predicted molar refractivity (Wildman–Crippen MR) is 80.5 cm³/mol. The highest BCUT2D eigenvalue weighted by Crippen LogP contribution is 2.25. The van der Waals surface area contributed by atoms with Crippen molar-refractivity contribution in [2.75, 3.05) is 18.0 Å². The average Bonchev–Trinajstić information content (AvgIpc) is 2.84. The van der Waals surface area contributed by atoms with Crippen molar-refractivity contribution < 1.29 is 5.11 Å². The summed E-state index contributed by atoms with van der Waals surface area (Å²) in [5.74, 6) is 0.832. The lowest BCUT2D eigenvalue weighted by Gasteiger charge is -2.18. The van der Waals surface area contributed by atoms with E-state index in [4.69, 9.17) is 18.0 Å². The van der Waals surface area contributed by atoms with Crippen LogP contribution >= 0.6 is 12.2 Å². The van der Waals surface area contributed by atoms with Gasteiger partial charge in [0.1, 0.15) is 10.8 Å². The van der Waals surface area contributed by atoms with E-state index in [1.54, 1.807) is 0 Å². The second kappa shape index (κ2) is 4.75.